The molecule has 18 heavy (non-hydrogen) atoms. The van der Waals surface area contributed by atoms with Crippen LogP contribution < -0.4 is 11.6 Å². The number of methoxy groups -OCH3 is 1. The lowest BCUT2D eigenvalue weighted by atomic mass is 10.2. The Morgan fingerprint density at radius 2 is 2.17 bits per heavy atom. The normalized spacial score (nSPS) is 12.3. The molecule has 6 heteroatoms. The van der Waals surface area contributed by atoms with Gasteiger partial charge in [-0.25, -0.2) is 5.84 Å². The topological polar surface area (TPSA) is 77.4 Å². The van der Waals surface area contributed by atoms with Crippen LogP contribution in [-0.4, -0.2) is 30.8 Å². The molecule has 0 saturated heterocycles. The van der Waals surface area contributed by atoms with Gasteiger partial charge in [-0.1, -0.05) is 0 Å². The molecule has 0 atom stereocenters. The summed E-state index contributed by atoms with van der Waals surface area (Å²) in [5.74, 6) is 5.79. The highest BCUT2D eigenvalue weighted by atomic mass is 79.9. The zero-order chi connectivity index (χ0) is 13.7. The molecule has 0 radical (unpaired) electrons. The fourth-order valence-corrected chi connectivity index (χ4v) is 1.76. The number of hydrogen-bond acceptors (Lipinski definition) is 5. The Kier molecular flexibility index (Phi) is 5.58. The minimum atomic E-state index is 0.563. The Balaban J connectivity index is 3.12. The Bertz CT molecular complexity index is 446. The number of aromatic nitrogens is 1. The number of pyridine rings is 1. The molecule has 1 rings (SSSR count). The van der Waals surface area contributed by atoms with Gasteiger partial charge >= 0.3 is 0 Å². The third kappa shape index (κ3) is 3.69. The lowest BCUT2D eigenvalue weighted by Crippen LogP contribution is -2.28. The SMILES string of the molecule is COCC/C(=C(/N)c1ccc(Br)c(C)n1)N(C)N. The van der Waals surface area contributed by atoms with Crippen molar-refractivity contribution in [1.29, 1.82) is 0 Å². The summed E-state index contributed by atoms with van der Waals surface area (Å²) in [5, 5.41) is 1.51. The van der Waals surface area contributed by atoms with Crippen LogP contribution in [0.15, 0.2) is 22.3 Å². The van der Waals surface area contributed by atoms with E-state index in [4.69, 9.17) is 16.3 Å². The number of nitrogens with zero attached hydrogens (tertiary/aromatic N) is 2. The van der Waals surface area contributed by atoms with Gasteiger partial charge in [0, 0.05) is 25.1 Å². The average molecular weight is 315 g/mol. The summed E-state index contributed by atoms with van der Waals surface area (Å²) in [6, 6.07) is 3.79. The third-order valence-electron chi connectivity index (χ3n) is 2.58. The first kappa shape index (κ1) is 14.9. The second-order valence-electron chi connectivity index (χ2n) is 3.98. The van der Waals surface area contributed by atoms with Crippen molar-refractivity contribution in [3.63, 3.8) is 0 Å². The van der Waals surface area contributed by atoms with Crippen LogP contribution in [0.5, 0.6) is 0 Å². The predicted octanol–water partition coefficient (Wildman–Crippen LogP) is 1.62. The van der Waals surface area contributed by atoms with Crippen molar-refractivity contribution in [1.82, 2.24) is 9.99 Å². The van der Waals surface area contributed by atoms with Gasteiger partial charge < -0.3 is 15.5 Å². The Hall–Kier alpha value is -1.11. The van der Waals surface area contributed by atoms with Gasteiger partial charge in [0.15, 0.2) is 0 Å². The molecule has 5 nitrogen and oxygen atoms in total. The molecule has 0 unspecified atom stereocenters. The Morgan fingerprint density at radius 1 is 1.50 bits per heavy atom. The van der Waals surface area contributed by atoms with Gasteiger partial charge in [0.25, 0.3) is 0 Å². The van der Waals surface area contributed by atoms with E-state index in [1.165, 1.54) is 5.01 Å². The van der Waals surface area contributed by atoms with Gasteiger partial charge in [-0.2, -0.15) is 0 Å². The highest BCUT2D eigenvalue weighted by molar-refractivity contribution is 9.10. The van der Waals surface area contributed by atoms with Crippen molar-refractivity contribution < 1.29 is 4.74 Å². The largest absolute Gasteiger partial charge is 0.396 e. The van der Waals surface area contributed by atoms with E-state index in [2.05, 4.69) is 20.9 Å². The van der Waals surface area contributed by atoms with E-state index in [-0.39, 0.29) is 0 Å². The van der Waals surface area contributed by atoms with E-state index < -0.39 is 0 Å². The maximum atomic E-state index is 6.12. The molecule has 0 spiro atoms. The van der Waals surface area contributed by atoms with Crippen LogP contribution in [0, 0.1) is 6.92 Å². The van der Waals surface area contributed by atoms with Crippen molar-refractivity contribution in [2.75, 3.05) is 20.8 Å². The molecule has 1 aromatic rings. The maximum Gasteiger partial charge on any atom is 0.0881 e. The summed E-state index contributed by atoms with van der Waals surface area (Å²) < 4.78 is 6.01. The molecular weight excluding hydrogens is 296 g/mol. The Morgan fingerprint density at radius 3 is 2.67 bits per heavy atom. The minimum absolute atomic E-state index is 0.563. The second kappa shape index (κ2) is 6.72. The van der Waals surface area contributed by atoms with Gasteiger partial charge in [0.2, 0.25) is 0 Å². The highest BCUT2D eigenvalue weighted by Crippen LogP contribution is 2.19. The fraction of sp³-hybridized carbons (Fsp3) is 0.417. The lowest BCUT2D eigenvalue weighted by Gasteiger charge is -2.19. The number of hydrazine groups is 1. The average Bonchev–Trinajstić information content (AvgIpc) is 2.32. The molecule has 0 aliphatic rings. The van der Waals surface area contributed by atoms with Gasteiger partial charge in [0.05, 0.1) is 29.4 Å². The van der Waals surface area contributed by atoms with Crippen molar-refractivity contribution in [2.45, 2.75) is 13.3 Å². The highest BCUT2D eigenvalue weighted by Gasteiger charge is 2.11. The molecule has 4 N–H and O–H groups in total. The first-order valence-corrected chi connectivity index (χ1v) is 6.36. The van der Waals surface area contributed by atoms with Crippen LogP contribution in [-0.2, 0) is 4.74 Å². The zero-order valence-corrected chi connectivity index (χ0v) is 12.5. The van der Waals surface area contributed by atoms with Crippen LogP contribution >= 0.6 is 15.9 Å². The van der Waals surface area contributed by atoms with Crippen molar-refractivity contribution >= 4 is 21.6 Å². The smallest absolute Gasteiger partial charge is 0.0881 e. The van der Waals surface area contributed by atoms with Crippen molar-refractivity contribution in [2.24, 2.45) is 11.6 Å². The lowest BCUT2D eigenvalue weighted by molar-refractivity contribution is 0.194. The predicted molar refractivity (Wildman–Crippen MR) is 76.2 cm³/mol. The first-order chi connectivity index (χ1) is 8.47. The summed E-state index contributed by atoms with van der Waals surface area (Å²) in [6.45, 7) is 2.48. The monoisotopic (exact) mass is 314 g/mol. The number of ether oxygens (including phenoxy) is 1. The second-order valence-corrected chi connectivity index (χ2v) is 4.83. The van der Waals surface area contributed by atoms with Gasteiger partial charge in [-0.05, 0) is 35.0 Å². The summed E-state index contributed by atoms with van der Waals surface area (Å²) in [6.07, 6.45) is 0.645. The third-order valence-corrected chi connectivity index (χ3v) is 3.42. The molecule has 0 amide bonds. The van der Waals surface area contributed by atoms with Crippen LogP contribution in [0.1, 0.15) is 17.8 Å². The van der Waals surface area contributed by atoms with Crippen molar-refractivity contribution in [3.8, 4) is 0 Å². The molecule has 0 fully saturated rings. The summed E-state index contributed by atoms with van der Waals surface area (Å²) >= 11 is 3.41. The van der Waals surface area contributed by atoms with E-state index >= 15 is 0 Å². The Labute approximate surface area is 116 Å². The number of aryl methyl sites for hydroxylation is 1. The zero-order valence-electron chi connectivity index (χ0n) is 10.9. The maximum absolute atomic E-state index is 6.12. The molecule has 100 valence electrons. The molecule has 1 aromatic heterocycles. The number of hydrogen-bond donors (Lipinski definition) is 2. The number of nitrogens with two attached hydrogens (primary N) is 2. The first-order valence-electron chi connectivity index (χ1n) is 5.57. The van der Waals surface area contributed by atoms with E-state index in [9.17, 15) is 0 Å². The standard InChI is InChI=1S/C12H19BrN4O/c1-8-9(13)4-5-10(16-8)12(14)11(17(2)15)6-7-18-3/h4-5H,6-7,14-15H2,1-3H3/b12-11-. The van der Waals surface area contributed by atoms with Crippen molar-refractivity contribution in [3.05, 3.63) is 33.7 Å². The minimum Gasteiger partial charge on any atom is -0.396 e. The molecule has 0 aliphatic carbocycles. The molecule has 1 heterocycles. The summed E-state index contributed by atoms with van der Waals surface area (Å²) in [4.78, 5) is 4.43. The quantitative estimate of drug-likeness (QED) is 0.638. The number of rotatable bonds is 5. The molecule has 0 aliphatic heterocycles. The van der Waals surface area contributed by atoms with E-state index in [0.717, 1.165) is 21.6 Å². The van der Waals surface area contributed by atoms with Crippen LogP contribution in [0.4, 0.5) is 0 Å². The molecular formula is C12H19BrN4O. The van der Waals surface area contributed by atoms with E-state index in [1.807, 2.05) is 19.1 Å². The molecule has 0 saturated carbocycles. The number of halogens is 1. The molecule has 0 aromatic carbocycles. The van der Waals surface area contributed by atoms with Crippen LogP contribution in [0.2, 0.25) is 0 Å². The van der Waals surface area contributed by atoms with Gasteiger partial charge in [0.1, 0.15) is 0 Å². The summed E-state index contributed by atoms with van der Waals surface area (Å²) in [7, 11) is 3.40. The molecule has 0 bridgehead atoms. The van der Waals surface area contributed by atoms with Crippen LogP contribution in [0.25, 0.3) is 5.70 Å². The van der Waals surface area contributed by atoms with Gasteiger partial charge in [-0.3, -0.25) is 4.98 Å². The van der Waals surface area contributed by atoms with Gasteiger partial charge in [-0.15, -0.1) is 0 Å². The van der Waals surface area contributed by atoms with Crippen LogP contribution in [0.3, 0.4) is 0 Å². The fourth-order valence-electron chi connectivity index (χ4n) is 1.54. The van der Waals surface area contributed by atoms with E-state index in [1.54, 1.807) is 14.2 Å². The van der Waals surface area contributed by atoms with E-state index in [0.29, 0.717) is 18.7 Å². The summed E-state index contributed by atoms with van der Waals surface area (Å²) in [5.41, 5.74) is 9.12.